The fourth-order valence-electron chi connectivity index (χ4n) is 2.84. The second-order valence-corrected chi connectivity index (χ2v) is 6.27. The summed E-state index contributed by atoms with van der Waals surface area (Å²) in [6.07, 6.45) is -0.223. The zero-order valence-corrected chi connectivity index (χ0v) is 15.2. The van der Waals surface area contributed by atoms with E-state index >= 15 is 0 Å². The van der Waals surface area contributed by atoms with Crippen molar-refractivity contribution >= 4 is 29.9 Å². The van der Waals surface area contributed by atoms with Crippen LogP contribution in [0.4, 0.5) is 13.2 Å². The van der Waals surface area contributed by atoms with Crippen LogP contribution in [0.5, 0.6) is 0 Å². The molecule has 0 atom stereocenters. The van der Waals surface area contributed by atoms with E-state index in [-0.39, 0.29) is 35.9 Å². The van der Waals surface area contributed by atoms with Crippen LogP contribution in [0.1, 0.15) is 42.7 Å². The predicted octanol–water partition coefficient (Wildman–Crippen LogP) is 3.98. The van der Waals surface area contributed by atoms with E-state index in [4.69, 9.17) is 5.73 Å². The second kappa shape index (κ2) is 6.86. The first-order valence-corrected chi connectivity index (χ1v) is 7.58. The smallest absolute Gasteiger partial charge is 0.370 e. The van der Waals surface area contributed by atoms with Crippen LogP contribution in [0.25, 0.3) is 0 Å². The number of rotatable bonds is 3. The molecule has 3 nitrogen and oxygen atoms in total. The molecule has 0 amide bonds. The van der Waals surface area contributed by atoms with Crippen LogP contribution in [0.2, 0.25) is 0 Å². The van der Waals surface area contributed by atoms with Gasteiger partial charge in [-0.15, -0.1) is 24.0 Å². The number of halogens is 4. The van der Waals surface area contributed by atoms with Crippen LogP contribution in [-0.2, 0) is 6.18 Å². The Morgan fingerprint density at radius 1 is 1.17 bits per heavy atom. The number of benzene rings is 1. The van der Waals surface area contributed by atoms with E-state index in [0.717, 1.165) is 30.5 Å². The topological polar surface area (TPSA) is 41.6 Å². The minimum absolute atomic E-state index is 0. The molecule has 0 spiro atoms. The highest BCUT2D eigenvalue weighted by Gasteiger charge is 2.34. The summed E-state index contributed by atoms with van der Waals surface area (Å²) in [7, 11) is 1.96. The van der Waals surface area contributed by atoms with Gasteiger partial charge in [-0.2, -0.15) is 13.2 Å². The molecule has 2 aliphatic carbocycles. The van der Waals surface area contributed by atoms with Crippen molar-refractivity contribution in [1.82, 2.24) is 4.90 Å². The minimum Gasteiger partial charge on any atom is -0.370 e. The molecule has 0 aromatic heterocycles. The Kier molecular flexibility index (Phi) is 5.48. The molecule has 0 heterocycles. The van der Waals surface area contributed by atoms with Crippen LogP contribution in [0, 0.1) is 0 Å². The van der Waals surface area contributed by atoms with Gasteiger partial charge in [0.25, 0.3) is 0 Å². The molecular formula is C16H21F3IN3. The third-order valence-corrected chi connectivity index (χ3v) is 4.59. The summed E-state index contributed by atoms with van der Waals surface area (Å²) in [6, 6.07) is 6.19. The molecule has 128 valence electrons. The molecule has 2 N–H and O–H groups in total. The van der Waals surface area contributed by atoms with Crippen molar-refractivity contribution in [1.29, 1.82) is 0 Å². The lowest BCUT2D eigenvalue weighted by molar-refractivity contribution is -0.137. The highest BCUT2D eigenvalue weighted by atomic mass is 127. The summed E-state index contributed by atoms with van der Waals surface area (Å²) in [5.74, 6) is 0.869. The standard InChI is InChI=1S/C16H20F3N3.HI/c1-22(14-6-7-14)15(20)21-13-8-11(9-13)10-2-4-12(5-3-10)16(17,18)19;/h2-5,11,13-14H,6-9H2,1H3,(H2,20,21);1H. The monoisotopic (exact) mass is 439 g/mol. The molecule has 0 saturated heterocycles. The Bertz CT molecular complexity index is 561. The molecule has 0 aliphatic heterocycles. The summed E-state index contributed by atoms with van der Waals surface area (Å²) in [6.45, 7) is 0. The van der Waals surface area contributed by atoms with Gasteiger partial charge in [0.15, 0.2) is 5.96 Å². The van der Waals surface area contributed by atoms with Gasteiger partial charge >= 0.3 is 6.18 Å². The maximum atomic E-state index is 12.5. The van der Waals surface area contributed by atoms with Gasteiger partial charge in [0.2, 0.25) is 0 Å². The molecule has 0 bridgehead atoms. The Hall–Kier alpha value is -0.990. The first-order valence-electron chi connectivity index (χ1n) is 7.58. The van der Waals surface area contributed by atoms with Gasteiger partial charge in [-0.1, -0.05) is 12.1 Å². The maximum Gasteiger partial charge on any atom is 0.416 e. The number of nitrogens with zero attached hydrogens (tertiary/aromatic N) is 2. The third kappa shape index (κ3) is 4.30. The maximum absolute atomic E-state index is 12.5. The third-order valence-electron chi connectivity index (χ3n) is 4.59. The zero-order chi connectivity index (χ0) is 15.9. The van der Waals surface area contributed by atoms with Crippen LogP contribution in [-0.4, -0.2) is 30.0 Å². The Labute approximate surface area is 151 Å². The Morgan fingerprint density at radius 2 is 1.74 bits per heavy atom. The summed E-state index contributed by atoms with van der Waals surface area (Å²) in [4.78, 5) is 6.54. The van der Waals surface area contributed by atoms with E-state index in [1.165, 1.54) is 12.8 Å². The lowest BCUT2D eigenvalue weighted by Gasteiger charge is -2.34. The quantitative estimate of drug-likeness (QED) is 0.440. The van der Waals surface area contributed by atoms with E-state index in [1.54, 1.807) is 12.1 Å². The average Bonchev–Trinajstić information content (AvgIpc) is 3.25. The van der Waals surface area contributed by atoms with Gasteiger partial charge in [-0.05, 0) is 49.3 Å². The van der Waals surface area contributed by atoms with Gasteiger partial charge in [-0.3, -0.25) is 0 Å². The van der Waals surface area contributed by atoms with Gasteiger partial charge in [0, 0.05) is 13.1 Å². The van der Waals surface area contributed by atoms with E-state index in [2.05, 4.69) is 4.99 Å². The molecule has 1 aromatic carbocycles. The second-order valence-electron chi connectivity index (χ2n) is 6.27. The van der Waals surface area contributed by atoms with Gasteiger partial charge < -0.3 is 10.6 Å². The molecule has 2 saturated carbocycles. The number of hydrogen-bond acceptors (Lipinski definition) is 1. The summed E-state index contributed by atoms with van der Waals surface area (Å²) < 4.78 is 37.6. The van der Waals surface area contributed by atoms with E-state index in [9.17, 15) is 13.2 Å². The van der Waals surface area contributed by atoms with Gasteiger partial charge in [0.1, 0.15) is 0 Å². The fourth-order valence-corrected chi connectivity index (χ4v) is 2.84. The van der Waals surface area contributed by atoms with E-state index < -0.39 is 11.7 Å². The highest BCUT2D eigenvalue weighted by molar-refractivity contribution is 14.0. The Morgan fingerprint density at radius 3 is 2.22 bits per heavy atom. The van der Waals surface area contributed by atoms with E-state index in [1.807, 2.05) is 11.9 Å². The summed E-state index contributed by atoms with van der Waals surface area (Å²) in [5, 5.41) is 0. The zero-order valence-electron chi connectivity index (χ0n) is 12.9. The molecule has 2 aliphatic rings. The van der Waals surface area contributed by atoms with Crippen molar-refractivity contribution in [3.63, 3.8) is 0 Å². The summed E-state index contributed by atoms with van der Waals surface area (Å²) >= 11 is 0. The predicted molar refractivity (Wildman–Crippen MR) is 95.0 cm³/mol. The molecule has 1 aromatic rings. The molecule has 0 radical (unpaired) electrons. The number of aliphatic imine (C=N–C) groups is 1. The van der Waals surface area contributed by atoms with Crippen molar-refractivity contribution in [2.24, 2.45) is 10.7 Å². The minimum atomic E-state index is -4.27. The van der Waals surface area contributed by atoms with Crippen molar-refractivity contribution in [2.45, 2.75) is 49.9 Å². The van der Waals surface area contributed by atoms with Crippen molar-refractivity contribution in [3.05, 3.63) is 35.4 Å². The van der Waals surface area contributed by atoms with Crippen molar-refractivity contribution < 1.29 is 13.2 Å². The lowest BCUT2D eigenvalue weighted by Crippen LogP contribution is -2.38. The number of alkyl halides is 3. The first kappa shape index (κ1) is 18.4. The molecule has 23 heavy (non-hydrogen) atoms. The number of hydrogen-bond donors (Lipinski definition) is 1. The van der Waals surface area contributed by atoms with Crippen LogP contribution < -0.4 is 5.73 Å². The van der Waals surface area contributed by atoms with Crippen LogP contribution in [0.3, 0.4) is 0 Å². The lowest BCUT2D eigenvalue weighted by atomic mass is 9.76. The highest BCUT2D eigenvalue weighted by Crippen LogP contribution is 2.40. The molecule has 3 rings (SSSR count). The van der Waals surface area contributed by atoms with Gasteiger partial charge in [0.05, 0.1) is 11.6 Å². The van der Waals surface area contributed by atoms with Crippen LogP contribution in [0.15, 0.2) is 29.3 Å². The van der Waals surface area contributed by atoms with Gasteiger partial charge in [-0.25, -0.2) is 4.99 Å². The number of nitrogens with two attached hydrogens (primary N) is 1. The van der Waals surface area contributed by atoms with Crippen molar-refractivity contribution in [3.8, 4) is 0 Å². The fraction of sp³-hybridized carbons (Fsp3) is 0.562. The van der Waals surface area contributed by atoms with Crippen LogP contribution >= 0.6 is 24.0 Å². The molecule has 0 unspecified atom stereocenters. The largest absolute Gasteiger partial charge is 0.416 e. The molecule has 2 fully saturated rings. The SMILES string of the molecule is CN(C(N)=NC1CC(c2ccc(C(F)(F)F)cc2)C1)C1CC1.I. The normalized spacial score (nSPS) is 24.6. The first-order chi connectivity index (χ1) is 10.3. The average molecular weight is 439 g/mol. The Balaban J connectivity index is 0.00000192. The van der Waals surface area contributed by atoms with Crippen molar-refractivity contribution in [2.75, 3.05) is 7.05 Å². The number of guanidine groups is 1. The van der Waals surface area contributed by atoms with E-state index in [0.29, 0.717) is 12.0 Å². The molecular weight excluding hydrogens is 418 g/mol. The molecule has 7 heteroatoms. The summed E-state index contributed by atoms with van der Waals surface area (Å²) in [5.41, 5.74) is 6.33.